The summed E-state index contributed by atoms with van der Waals surface area (Å²) in [6, 6.07) is 5.70. The van der Waals surface area contributed by atoms with Gasteiger partial charge < -0.3 is 14.8 Å². The molecule has 0 aliphatic heterocycles. The van der Waals surface area contributed by atoms with Crippen LogP contribution in [-0.2, 0) is 16.1 Å². The number of carbonyl (C=O) groups excluding carboxylic acids is 2. The Kier molecular flexibility index (Phi) is 7.48. The smallest absolute Gasteiger partial charge is 0.329 e. The molecule has 1 aromatic carbocycles. The zero-order valence-corrected chi connectivity index (χ0v) is 15.9. The van der Waals surface area contributed by atoms with Crippen LogP contribution in [-0.4, -0.2) is 34.1 Å². The van der Waals surface area contributed by atoms with Gasteiger partial charge in [0.2, 0.25) is 0 Å². The summed E-state index contributed by atoms with van der Waals surface area (Å²) < 4.78 is 36.8. The van der Waals surface area contributed by atoms with Crippen LogP contribution in [0.1, 0.15) is 43.5 Å². The Morgan fingerprint density at radius 2 is 1.96 bits per heavy atom. The van der Waals surface area contributed by atoms with Crippen LogP contribution >= 0.6 is 0 Å². The van der Waals surface area contributed by atoms with Crippen LogP contribution in [0.25, 0.3) is 0 Å². The van der Waals surface area contributed by atoms with Gasteiger partial charge >= 0.3 is 12.5 Å². The zero-order chi connectivity index (χ0) is 20.7. The van der Waals surface area contributed by atoms with E-state index in [-0.39, 0.29) is 17.3 Å². The van der Waals surface area contributed by atoms with Gasteiger partial charge in [0.05, 0.1) is 12.2 Å². The summed E-state index contributed by atoms with van der Waals surface area (Å²) in [6.45, 7) is 2.45. The minimum Gasteiger partial charge on any atom is -0.493 e. The molecule has 0 saturated heterocycles. The second-order valence-electron chi connectivity index (χ2n) is 6.26. The van der Waals surface area contributed by atoms with Crippen molar-refractivity contribution >= 4 is 11.9 Å². The lowest BCUT2D eigenvalue weighted by Crippen LogP contribution is -2.45. The quantitative estimate of drug-likeness (QED) is 0.660. The first-order valence-corrected chi connectivity index (χ1v) is 8.84. The van der Waals surface area contributed by atoms with Gasteiger partial charge in [-0.2, -0.15) is 8.78 Å². The average molecular weight is 395 g/mol. The fraction of sp³-hybridized carbons (Fsp3) is 0.421. The molecule has 0 aliphatic carbocycles. The Hall–Kier alpha value is -2.97. The van der Waals surface area contributed by atoms with Crippen molar-refractivity contribution in [3.63, 3.8) is 0 Å². The number of hydrogen-bond acceptors (Lipinski definition) is 5. The Labute approximate surface area is 161 Å². The number of amides is 1. The number of nitrogens with one attached hydrogen (secondary N) is 1. The molecule has 1 N–H and O–H groups in total. The van der Waals surface area contributed by atoms with Gasteiger partial charge in [-0.25, -0.2) is 9.78 Å². The van der Waals surface area contributed by atoms with Crippen LogP contribution in [0.5, 0.6) is 5.75 Å². The minimum absolute atomic E-state index is 0.0844. The number of imidazole rings is 1. The molecule has 1 heterocycles. The van der Waals surface area contributed by atoms with Crippen LogP contribution in [0.4, 0.5) is 8.78 Å². The second kappa shape index (κ2) is 9.82. The zero-order valence-electron chi connectivity index (χ0n) is 15.9. The van der Waals surface area contributed by atoms with Gasteiger partial charge in [0.25, 0.3) is 5.91 Å². The molecule has 0 aliphatic rings. The highest BCUT2D eigenvalue weighted by molar-refractivity contribution is 5.99. The monoisotopic (exact) mass is 395 g/mol. The molecule has 0 unspecified atom stereocenters. The first-order valence-electron chi connectivity index (χ1n) is 8.84. The van der Waals surface area contributed by atoms with Crippen LogP contribution < -0.4 is 10.1 Å². The number of esters is 1. The van der Waals surface area contributed by atoms with Crippen LogP contribution in [0.15, 0.2) is 36.7 Å². The number of para-hydroxylation sites is 1. The number of carbonyl (C=O) groups is 2. The lowest BCUT2D eigenvalue weighted by atomic mass is 10.0. The molecule has 0 fully saturated rings. The third-order valence-corrected chi connectivity index (χ3v) is 3.94. The molecule has 0 spiro atoms. The van der Waals surface area contributed by atoms with E-state index >= 15 is 0 Å². The first kappa shape index (κ1) is 21.3. The van der Waals surface area contributed by atoms with Crippen molar-refractivity contribution in [1.82, 2.24) is 14.9 Å². The van der Waals surface area contributed by atoms with Gasteiger partial charge in [0.1, 0.15) is 18.4 Å². The topological polar surface area (TPSA) is 82.4 Å². The summed E-state index contributed by atoms with van der Waals surface area (Å²) in [7, 11) is 0. The summed E-state index contributed by atoms with van der Waals surface area (Å²) in [5.41, 5.74) is 0.288. The lowest BCUT2D eigenvalue weighted by Gasteiger charge is -2.21. The first-order chi connectivity index (χ1) is 13.3. The molecule has 7 nitrogen and oxygen atoms in total. The number of alkyl halides is 2. The van der Waals surface area contributed by atoms with Gasteiger partial charge in [-0.3, -0.25) is 9.36 Å². The van der Waals surface area contributed by atoms with E-state index in [4.69, 9.17) is 9.47 Å². The highest BCUT2D eigenvalue weighted by atomic mass is 19.3. The number of rotatable bonds is 9. The molecule has 28 heavy (non-hydrogen) atoms. The molecular formula is C19H23F2N3O4. The van der Waals surface area contributed by atoms with E-state index in [0.29, 0.717) is 16.9 Å². The fourth-order valence-electron chi connectivity index (χ4n) is 2.51. The van der Waals surface area contributed by atoms with Crippen molar-refractivity contribution in [3.05, 3.63) is 48.0 Å². The van der Waals surface area contributed by atoms with Crippen LogP contribution in [0, 0.1) is 5.92 Å². The Morgan fingerprint density at radius 3 is 2.61 bits per heavy atom. The number of benzene rings is 1. The predicted octanol–water partition coefficient (Wildman–Crippen LogP) is 3.17. The largest absolute Gasteiger partial charge is 0.493 e. The molecule has 1 aromatic heterocycles. The van der Waals surface area contributed by atoms with Crippen molar-refractivity contribution in [2.75, 3.05) is 6.61 Å². The number of ether oxygens (including phenoxy) is 2. The second-order valence-corrected chi connectivity index (χ2v) is 6.26. The van der Waals surface area contributed by atoms with Gasteiger partial charge in [0.15, 0.2) is 5.82 Å². The normalized spacial score (nSPS) is 12.1. The van der Waals surface area contributed by atoms with E-state index in [1.54, 1.807) is 45.0 Å². The molecular weight excluding hydrogens is 372 g/mol. The SMILES string of the molecule is CCOc1ccccc1C(=O)N[C@H](C(=O)OCc1nccn1C(F)F)C(C)C. The van der Waals surface area contributed by atoms with E-state index in [9.17, 15) is 18.4 Å². The van der Waals surface area contributed by atoms with E-state index < -0.39 is 31.1 Å². The average Bonchev–Trinajstić information content (AvgIpc) is 3.13. The van der Waals surface area contributed by atoms with Crippen molar-refractivity contribution in [3.8, 4) is 5.75 Å². The highest BCUT2D eigenvalue weighted by Crippen LogP contribution is 2.19. The van der Waals surface area contributed by atoms with E-state index in [1.165, 1.54) is 6.20 Å². The van der Waals surface area contributed by atoms with Gasteiger partial charge in [-0.15, -0.1) is 0 Å². The predicted molar refractivity (Wildman–Crippen MR) is 97.0 cm³/mol. The maximum absolute atomic E-state index is 12.8. The molecule has 0 radical (unpaired) electrons. The lowest BCUT2D eigenvalue weighted by molar-refractivity contribution is -0.149. The van der Waals surface area contributed by atoms with E-state index in [2.05, 4.69) is 10.3 Å². The molecule has 2 aromatic rings. The fourth-order valence-corrected chi connectivity index (χ4v) is 2.51. The van der Waals surface area contributed by atoms with Crippen LogP contribution in [0.2, 0.25) is 0 Å². The standard InChI is InChI=1S/C19H23F2N3O4/c1-4-27-14-8-6-5-7-13(14)17(25)23-16(12(2)3)18(26)28-11-15-22-9-10-24(15)19(20)21/h5-10,12,16,19H,4,11H2,1-3H3,(H,23,25)/t16-/m0/s1. The molecule has 1 amide bonds. The molecule has 152 valence electrons. The number of halogens is 2. The molecule has 2 rings (SSSR count). The number of nitrogens with zero attached hydrogens (tertiary/aromatic N) is 2. The van der Waals surface area contributed by atoms with Gasteiger partial charge in [0, 0.05) is 12.4 Å². The highest BCUT2D eigenvalue weighted by Gasteiger charge is 2.27. The van der Waals surface area contributed by atoms with Crippen LogP contribution in [0.3, 0.4) is 0 Å². The van der Waals surface area contributed by atoms with Crippen molar-refractivity contribution < 1.29 is 27.8 Å². The van der Waals surface area contributed by atoms with E-state index in [1.807, 2.05) is 0 Å². The number of hydrogen-bond donors (Lipinski definition) is 1. The summed E-state index contributed by atoms with van der Waals surface area (Å²) in [5, 5.41) is 2.63. The van der Waals surface area contributed by atoms with E-state index in [0.717, 1.165) is 6.20 Å². The Morgan fingerprint density at radius 1 is 1.25 bits per heavy atom. The van der Waals surface area contributed by atoms with Crippen molar-refractivity contribution in [2.24, 2.45) is 5.92 Å². The summed E-state index contributed by atoms with van der Waals surface area (Å²) in [5.74, 6) is -1.20. The number of aromatic nitrogens is 2. The summed E-state index contributed by atoms with van der Waals surface area (Å²) >= 11 is 0. The summed E-state index contributed by atoms with van der Waals surface area (Å²) in [4.78, 5) is 28.8. The van der Waals surface area contributed by atoms with Gasteiger partial charge in [-0.1, -0.05) is 26.0 Å². The maximum Gasteiger partial charge on any atom is 0.329 e. The van der Waals surface area contributed by atoms with Crippen molar-refractivity contribution in [1.29, 1.82) is 0 Å². The molecule has 9 heteroatoms. The Bertz CT molecular complexity index is 808. The minimum atomic E-state index is -2.79. The molecule has 0 saturated carbocycles. The van der Waals surface area contributed by atoms with Crippen molar-refractivity contribution in [2.45, 2.75) is 40.0 Å². The third kappa shape index (κ3) is 5.28. The maximum atomic E-state index is 12.8. The third-order valence-electron chi connectivity index (χ3n) is 3.94. The summed E-state index contributed by atoms with van der Waals surface area (Å²) in [6.07, 6.45) is 2.29. The Balaban J connectivity index is 2.07. The molecule has 1 atom stereocenters. The molecule has 0 bridgehead atoms. The van der Waals surface area contributed by atoms with Gasteiger partial charge in [-0.05, 0) is 25.0 Å².